The lowest BCUT2D eigenvalue weighted by molar-refractivity contribution is 0.178. The van der Waals surface area contributed by atoms with E-state index in [2.05, 4.69) is 34.4 Å². The molecule has 102 valence electrons. The van der Waals surface area contributed by atoms with Crippen LogP contribution in [-0.4, -0.2) is 52.9 Å². The van der Waals surface area contributed by atoms with E-state index in [9.17, 15) is 0 Å². The van der Waals surface area contributed by atoms with Crippen molar-refractivity contribution in [3.05, 3.63) is 5.69 Å². The molecule has 1 aliphatic heterocycles. The molecule has 6 nitrogen and oxygen atoms in total. The number of likely N-dealkylation sites (N-methyl/N-ethyl adjacent to an activating group) is 1. The molecule has 6 heteroatoms. The predicted octanol–water partition coefficient (Wildman–Crippen LogP) is 0.529. The summed E-state index contributed by atoms with van der Waals surface area (Å²) in [6.45, 7) is 6.30. The number of anilines is 2. The van der Waals surface area contributed by atoms with Gasteiger partial charge in [-0.1, -0.05) is 13.3 Å². The Bertz CT molecular complexity index is 392. The van der Waals surface area contributed by atoms with Gasteiger partial charge in [0.2, 0.25) is 0 Å². The van der Waals surface area contributed by atoms with Crippen molar-refractivity contribution in [1.82, 2.24) is 19.7 Å². The number of hydrogen-bond acceptors (Lipinski definition) is 5. The van der Waals surface area contributed by atoms with E-state index >= 15 is 0 Å². The molecule has 1 aromatic heterocycles. The third-order valence-corrected chi connectivity index (χ3v) is 3.41. The first-order chi connectivity index (χ1) is 8.61. The number of nitrogen functional groups attached to an aromatic ring is 1. The van der Waals surface area contributed by atoms with Gasteiger partial charge in [-0.15, -0.1) is 0 Å². The van der Waals surface area contributed by atoms with Crippen LogP contribution >= 0.6 is 0 Å². The molecule has 0 aliphatic carbocycles. The third kappa shape index (κ3) is 2.76. The summed E-state index contributed by atoms with van der Waals surface area (Å²) < 4.78 is 1.85. The maximum Gasteiger partial charge on any atom is 0.162 e. The number of piperazine rings is 1. The van der Waals surface area contributed by atoms with Crippen molar-refractivity contribution in [2.75, 3.05) is 44.4 Å². The highest BCUT2D eigenvalue weighted by atomic mass is 15.6. The van der Waals surface area contributed by atoms with Crippen LogP contribution in [-0.2, 0) is 13.5 Å². The standard InChI is InChI=1S/C12H24N6/c1-4-5-10-11(13)12(17(3)14-10)15-18-8-6-16(2)7-9-18/h15H,4-9,13H2,1-3H3. The summed E-state index contributed by atoms with van der Waals surface area (Å²) in [5.74, 6) is 0.919. The van der Waals surface area contributed by atoms with Gasteiger partial charge in [-0.25, -0.2) is 9.69 Å². The molecule has 0 spiro atoms. The fourth-order valence-electron chi connectivity index (χ4n) is 2.22. The Morgan fingerprint density at radius 3 is 2.50 bits per heavy atom. The second-order valence-corrected chi connectivity index (χ2v) is 4.98. The van der Waals surface area contributed by atoms with Crippen LogP contribution in [0.3, 0.4) is 0 Å². The maximum absolute atomic E-state index is 6.15. The van der Waals surface area contributed by atoms with E-state index < -0.39 is 0 Å². The molecule has 0 aromatic carbocycles. The minimum absolute atomic E-state index is 0.790. The van der Waals surface area contributed by atoms with Crippen LogP contribution in [0.15, 0.2) is 0 Å². The molecule has 0 saturated carbocycles. The molecule has 0 radical (unpaired) electrons. The molecule has 0 unspecified atom stereocenters. The van der Waals surface area contributed by atoms with E-state index in [1.54, 1.807) is 0 Å². The maximum atomic E-state index is 6.15. The van der Waals surface area contributed by atoms with Crippen LogP contribution in [0, 0.1) is 0 Å². The fraction of sp³-hybridized carbons (Fsp3) is 0.750. The molecule has 0 bridgehead atoms. The number of hydrogen-bond donors (Lipinski definition) is 2. The summed E-state index contributed by atoms with van der Waals surface area (Å²) in [6.07, 6.45) is 2.00. The Labute approximate surface area is 109 Å². The van der Waals surface area contributed by atoms with Crippen molar-refractivity contribution in [2.45, 2.75) is 19.8 Å². The Morgan fingerprint density at radius 1 is 1.22 bits per heavy atom. The molecule has 1 saturated heterocycles. The van der Waals surface area contributed by atoms with Gasteiger partial charge in [-0.2, -0.15) is 5.10 Å². The van der Waals surface area contributed by atoms with Gasteiger partial charge in [-0.05, 0) is 13.5 Å². The molecular weight excluding hydrogens is 228 g/mol. The average Bonchev–Trinajstić information content (AvgIpc) is 2.60. The molecule has 2 heterocycles. The number of hydrazine groups is 1. The first-order valence-electron chi connectivity index (χ1n) is 6.63. The second kappa shape index (κ2) is 5.58. The van der Waals surface area contributed by atoms with Crippen molar-refractivity contribution < 1.29 is 0 Å². The quantitative estimate of drug-likeness (QED) is 0.818. The van der Waals surface area contributed by atoms with Gasteiger partial charge < -0.3 is 16.1 Å². The highest BCUT2D eigenvalue weighted by Crippen LogP contribution is 2.23. The molecule has 1 fully saturated rings. The van der Waals surface area contributed by atoms with Gasteiger partial charge in [0.1, 0.15) is 0 Å². The number of rotatable bonds is 4. The van der Waals surface area contributed by atoms with Crippen molar-refractivity contribution in [3.8, 4) is 0 Å². The largest absolute Gasteiger partial charge is 0.394 e. The average molecular weight is 252 g/mol. The van der Waals surface area contributed by atoms with Crippen LogP contribution in [0.2, 0.25) is 0 Å². The van der Waals surface area contributed by atoms with E-state index in [4.69, 9.17) is 5.73 Å². The molecule has 1 aliphatic rings. The van der Waals surface area contributed by atoms with Gasteiger partial charge in [0.25, 0.3) is 0 Å². The topological polar surface area (TPSA) is 62.4 Å². The molecule has 18 heavy (non-hydrogen) atoms. The Kier molecular flexibility index (Phi) is 4.08. The van der Waals surface area contributed by atoms with Gasteiger partial charge >= 0.3 is 0 Å². The van der Waals surface area contributed by atoms with Crippen molar-refractivity contribution in [1.29, 1.82) is 0 Å². The van der Waals surface area contributed by atoms with Crippen molar-refractivity contribution >= 4 is 11.5 Å². The van der Waals surface area contributed by atoms with E-state index in [1.165, 1.54) is 0 Å². The number of nitrogens with one attached hydrogen (secondary N) is 1. The van der Waals surface area contributed by atoms with E-state index in [1.807, 2.05) is 11.7 Å². The number of nitrogens with two attached hydrogens (primary N) is 1. The summed E-state index contributed by atoms with van der Waals surface area (Å²) in [6, 6.07) is 0. The van der Waals surface area contributed by atoms with Crippen molar-refractivity contribution in [2.24, 2.45) is 7.05 Å². The van der Waals surface area contributed by atoms with E-state index in [0.29, 0.717) is 0 Å². The minimum atomic E-state index is 0.790. The highest BCUT2D eigenvalue weighted by molar-refractivity contribution is 5.64. The van der Waals surface area contributed by atoms with E-state index in [-0.39, 0.29) is 0 Å². The highest BCUT2D eigenvalue weighted by Gasteiger charge is 2.18. The lowest BCUT2D eigenvalue weighted by atomic mass is 10.2. The molecule has 3 N–H and O–H groups in total. The normalized spacial score (nSPS) is 18.2. The van der Waals surface area contributed by atoms with Gasteiger partial charge in [0.05, 0.1) is 11.4 Å². The smallest absolute Gasteiger partial charge is 0.162 e. The summed E-state index contributed by atoms with van der Waals surface area (Å²) in [4.78, 5) is 2.33. The zero-order chi connectivity index (χ0) is 13.1. The Morgan fingerprint density at radius 2 is 1.89 bits per heavy atom. The molecule has 0 atom stereocenters. The molecule has 1 aromatic rings. The lowest BCUT2D eigenvalue weighted by Gasteiger charge is -2.33. The fourth-order valence-corrected chi connectivity index (χ4v) is 2.22. The van der Waals surface area contributed by atoms with Gasteiger partial charge in [-0.3, -0.25) is 0 Å². The molecular formula is C12H24N6. The lowest BCUT2D eigenvalue weighted by Crippen LogP contribution is -2.47. The summed E-state index contributed by atoms with van der Waals surface area (Å²) >= 11 is 0. The molecule has 2 rings (SSSR count). The van der Waals surface area contributed by atoms with E-state index in [0.717, 1.165) is 56.2 Å². The zero-order valence-electron chi connectivity index (χ0n) is 11.6. The van der Waals surface area contributed by atoms with Crippen LogP contribution in [0.5, 0.6) is 0 Å². The first-order valence-corrected chi connectivity index (χ1v) is 6.63. The second-order valence-electron chi connectivity index (χ2n) is 4.98. The number of nitrogens with zero attached hydrogens (tertiary/aromatic N) is 4. The van der Waals surface area contributed by atoms with Crippen LogP contribution in [0.25, 0.3) is 0 Å². The van der Waals surface area contributed by atoms with Crippen LogP contribution < -0.4 is 11.2 Å². The summed E-state index contributed by atoms with van der Waals surface area (Å²) in [5.41, 5.74) is 11.3. The van der Waals surface area contributed by atoms with Gasteiger partial charge in [0, 0.05) is 33.2 Å². The Hall–Kier alpha value is -1.27. The van der Waals surface area contributed by atoms with Crippen molar-refractivity contribution in [3.63, 3.8) is 0 Å². The van der Waals surface area contributed by atoms with Gasteiger partial charge in [0.15, 0.2) is 5.82 Å². The predicted molar refractivity (Wildman–Crippen MR) is 74.3 cm³/mol. The van der Waals surface area contributed by atoms with Crippen LogP contribution in [0.1, 0.15) is 19.0 Å². The summed E-state index contributed by atoms with van der Waals surface area (Å²) in [5, 5.41) is 6.68. The monoisotopic (exact) mass is 252 g/mol. The minimum Gasteiger partial charge on any atom is -0.394 e. The number of aryl methyl sites for hydroxylation is 2. The zero-order valence-corrected chi connectivity index (χ0v) is 11.6. The SMILES string of the molecule is CCCc1nn(C)c(NN2CCN(C)CC2)c1N. The number of aromatic nitrogens is 2. The first kappa shape index (κ1) is 13.2. The third-order valence-electron chi connectivity index (χ3n) is 3.41. The molecule has 0 amide bonds. The Balaban J connectivity index is 2.04. The van der Waals surface area contributed by atoms with Crippen LogP contribution in [0.4, 0.5) is 11.5 Å². The summed E-state index contributed by atoms with van der Waals surface area (Å²) in [7, 11) is 4.09.